The molecular formula is C10H19NO2. The summed E-state index contributed by atoms with van der Waals surface area (Å²) in [4.78, 5) is 13.5. The van der Waals surface area contributed by atoms with E-state index in [-0.39, 0.29) is 12.0 Å². The summed E-state index contributed by atoms with van der Waals surface area (Å²) < 4.78 is 4.73. The number of unbranched alkanes of at least 4 members (excludes halogenated alkanes) is 1. The van der Waals surface area contributed by atoms with Gasteiger partial charge in [-0.15, -0.1) is 0 Å². The highest BCUT2D eigenvalue weighted by atomic mass is 16.5. The van der Waals surface area contributed by atoms with E-state index in [0.29, 0.717) is 6.04 Å². The maximum Gasteiger partial charge on any atom is 0.323 e. The van der Waals surface area contributed by atoms with Crippen molar-refractivity contribution in [3.8, 4) is 0 Å². The lowest BCUT2D eigenvalue weighted by Crippen LogP contribution is -2.58. The van der Waals surface area contributed by atoms with E-state index in [9.17, 15) is 4.79 Å². The van der Waals surface area contributed by atoms with Crippen molar-refractivity contribution in [2.45, 2.75) is 45.2 Å². The van der Waals surface area contributed by atoms with E-state index < -0.39 is 0 Å². The number of esters is 1. The van der Waals surface area contributed by atoms with Gasteiger partial charge < -0.3 is 4.74 Å². The van der Waals surface area contributed by atoms with Crippen LogP contribution in [0.3, 0.4) is 0 Å². The van der Waals surface area contributed by atoms with Crippen LogP contribution >= 0.6 is 0 Å². The molecule has 0 bridgehead atoms. The van der Waals surface area contributed by atoms with Crippen LogP contribution in [-0.2, 0) is 9.53 Å². The quantitative estimate of drug-likeness (QED) is 0.620. The second-order valence-electron chi connectivity index (χ2n) is 3.72. The molecule has 1 fully saturated rings. The molecule has 1 aliphatic heterocycles. The minimum absolute atomic E-state index is 0.0338. The van der Waals surface area contributed by atoms with E-state index in [1.54, 1.807) is 0 Å². The predicted molar refractivity (Wildman–Crippen MR) is 51.5 cm³/mol. The van der Waals surface area contributed by atoms with Crippen LogP contribution in [0.5, 0.6) is 0 Å². The highest BCUT2D eigenvalue weighted by Gasteiger charge is 2.40. The molecule has 0 aliphatic carbocycles. The van der Waals surface area contributed by atoms with Crippen LogP contribution in [0.15, 0.2) is 0 Å². The number of hydrogen-bond donors (Lipinski definition) is 0. The number of hydrogen-bond acceptors (Lipinski definition) is 3. The lowest BCUT2D eigenvalue weighted by Gasteiger charge is -2.45. The van der Waals surface area contributed by atoms with Crippen molar-refractivity contribution in [1.82, 2.24) is 4.90 Å². The number of ether oxygens (including phenoxy) is 1. The normalized spacial score (nSPS) is 28.2. The van der Waals surface area contributed by atoms with E-state index in [2.05, 4.69) is 18.7 Å². The number of carbonyl (C=O) groups is 1. The van der Waals surface area contributed by atoms with Crippen LogP contribution < -0.4 is 0 Å². The summed E-state index contributed by atoms with van der Waals surface area (Å²) in [5.41, 5.74) is 0. The Balaban J connectivity index is 2.36. The van der Waals surface area contributed by atoms with Gasteiger partial charge in [-0.25, -0.2) is 0 Å². The average molecular weight is 185 g/mol. The summed E-state index contributed by atoms with van der Waals surface area (Å²) in [6.07, 6.45) is 3.30. The molecule has 1 heterocycles. The lowest BCUT2D eigenvalue weighted by molar-refractivity contribution is -0.155. The zero-order chi connectivity index (χ0) is 9.84. The van der Waals surface area contributed by atoms with E-state index in [1.807, 2.05) is 0 Å². The number of rotatable bonds is 4. The minimum Gasteiger partial charge on any atom is -0.468 e. The fourth-order valence-electron chi connectivity index (χ4n) is 1.85. The summed E-state index contributed by atoms with van der Waals surface area (Å²) in [5.74, 6) is -0.0748. The van der Waals surface area contributed by atoms with Crippen LogP contribution in [0, 0.1) is 0 Å². The minimum atomic E-state index is -0.0748. The maximum absolute atomic E-state index is 11.2. The molecule has 3 heteroatoms. The first kappa shape index (κ1) is 10.5. The van der Waals surface area contributed by atoms with Crippen LogP contribution in [0.4, 0.5) is 0 Å². The van der Waals surface area contributed by atoms with Gasteiger partial charge in [-0.1, -0.05) is 13.3 Å². The molecule has 3 nitrogen and oxygen atoms in total. The van der Waals surface area contributed by atoms with E-state index >= 15 is 0 Å². The van der Waals surface area contributed by atoms with Crippen molar-refractivity contribution >= 4 is 5.97 Å². The summed E-state index contributed by atoms with van der Waals surface area (Å²) in [7, 11) is 1.46. The van der Waals surface area contributed by atoms with Gasteiger partial charge in [0.2, 0.25) is 0 Å². The van der Waals surface area contributed by atoms with Crippen LogP contribution in [0.25, 0.3) is 0 Å². The third kappa shape index (κ3) is 2.21. The van der Waals surface area contributed by atoms with Gasteiger partial charge >= 0.3 is 5.97 Å². The van der Waals surface area contributed by atoms with Gasteiger partial charge in [0.1, 0.15) is 6.04 Å². The van der Waals surface area contributed by atoms with E-state index in [4.69, 9.17) is 4.74 Å². The largest absolute Gasteiger partial charge is 0.468 e. The molecule has 0 aromatic heterocycles. The van der Waals surface area contributed by atoms with E-state index in [1.165, 1.54) is 13.5 Å². The highest BCUT2D eigenvalue weighted by molar-refractivity contribution is 5.76. The fraction of sp³-hybridized carbons (Fsp3) is 0.900. The molecule has 1 aliphatic rings. The molecule has 1 rings (SSSR count). The molecule has 0 saturated carbocycles. The second-order valence-corrected chi connectivity index (χ2v) is 3.72. The Morgan fingerprint density at radius 1 is 1.62 bits per heavy atom. The first-order valence-electron chi connectivity index (χ1n) is 5.04. The molecule has 1 saturated heterocycles. The topological polar surface area (TPSA) is 29.5 Å². The van der Waals surface area contributed by atoms with Crippen molar-refractivity contribution < 1.29 is 9.53 Å². The molecule has 0 aromatic carbocycles. The van der Waals surface area contributed by atoms with Gasteiger partial charge in [-0.2, -0.15) is 0 Å². The molecule has 0 N–H and O–H groups in total. The fourth-order valence-corrected chi connectivity index (χ4v) is 1.85. The molecule has 13 heavy (non-hydrogen) atoms. The zero-order valence-electron chi connectivity index (χ0n) is 8.75. The van der Waals surface area contributed by atoms with Gasteiger partial charge in [0.05, 0.1) is 7.11 Å². The summed E-state index contributed by atoms with van der Waals surface area (Å²) in [5, 5.41) is 0. The van der Waals surface area contributed by atoms with Crippen molar-refractivity contribution in [3.05, 3.63) is 0 Å². The number of nitrogens with zero attached hydrogens (tertiary/aromatic N) is 1. The molecule has 0 spiro atoms. The second kappa shape index (κ2) is 4.61. The molecule has 0 aromatic rings. The van der Waals surface area contributed by atoms with Crippen molar-refractivity contribution in [2.24, 2.45) is 0 Å². The van der Waals surface area contributed by atoms with E-state index in [0.717, 1.165) is 19.4 Å². The van der Waals surface area contributed by atoms with Crippen molar-refractivity contribution in [2.75, 3.05) is 13.7 Å². The van der Waals surface area contributed by atoms with Gasteiger partial charge in [0, 0.05) is 6.04 Å². The zero-order valence-corrected chi connectivity index (χ0v) is 8.75. The smallest absolute Gasteiger partial charge is 0.323 e. The monoisotopic (exact) mass is 185 g/mol. The molecular weight excluding hydrogens is 166 g/mol. The maximum atomic E-state index is 11.2. The SMILES string of the molecule is CCCCN1[C@H](C)C[C@H]1C(=O)OC. The first-order chi connectivity index (χ1) is 6.20. The number of carbonyl (C=O) groups excluding carboxylic acids is 1. The molecule has 0 unspecified atom stereocenters. The third-order valence-electron chi connectivity index (χ3n) is 2.77. The van der Waals surface area contributed by atoms with Crippen molar-refractivity contribution in [1.29, 1.82) is 0 Å². The molecule has 0 radical (unpaired) electrons. The average Bonchev–Trinajstić information content (AvgIpc) is 2.13. The highest BCUT2D eigenvalue weighted by Crippen LogP contribution is 2.26. The Labute approximate surface area is 80.1 Å². The number of likely N-dealkylation sites (tertiary alicyclic amines) is 1. The Hall–Kier alpha value is -0.570. The Morgan fingerprint density at radius 3 is 2.77 bits per heavy atom. The van der Waals surface area contributed by atoms with Gasteiger partial charge in [-0.05, 0) is 26.3 Å². The molecule has 2 atom stereocenters. The third-order valence-corrected chi connectivity index (χ3v) is 2.77. The van der Waals surface area contributed by atoms with Crippen LogP contribution in [-0.4, -0.2) is 36.6 Å². The van der Waals surface area contributed by atoms with Gasteiger partial charge in [0.25, 0.3) is 0 Å². The summed E-state index contributed by atoms with van der Waals surface area (Å²) in [6, 6.07) is 0.585. The summed E-state index contributed by atoms with van der Waals surface area (Å²) in [6.45, 7) is 5.35. The predicted octanol–water partition coefficient (Wildman–Crippen LogP) is 1.42. The number of methoxy groups -OCH3 is 1. The Kier molecular flexibility index (Phi) is 3.72. The Morgan fingerprint density at radius 2 is 2.31 bits per heavy atom. The first-order valence-corrected chi connectivity index (χ1v) is 5.04. The van der Waals surface area contributed by atoms with Crippen LogP contribution in [0.2, 0.25) is 0 Å². The lowest BCUT2D eigenvalue weighted by atomic mass is 9.94. The van der Waals surface area contributed by atoms with Crippen molar-refractivity contribution in [3.63, 3.8) is 0 Å². The Bertz CT molecular complexity index is 182. The summed E-state index contributed by atoms with van der Waals surface area (Å²) >= 11 is 0. The molecule has 0 amide bonds. The standard InChI is InChI=1S/C10H19NO2/c1-4-5-6-11-8(2)7-9(11)10(12)13-3/h8-9H,4-7H2,1-3H3/t8-,9+/m1/s1. The van der Waals surface area contributed by atoms with Crippen LogP contribution in [0.1, 0.15) is 33.1 Å². The van der Waals surface area contributed by atoms with Gasteiger partial charge in [0.15, 0.2) is 0 Å². The van der Waals surface area contributed by atoms with Gasteiger partial charge in [-0.3, -0.25) is 9.69 Å². The molecule has 76 valence electrons.